The standard InChI is InChI=1S/C22H19N5O3/c1-26-12-17(24-20(26)16-4-2-3-9-23-16)13-5-6-15-14(10-13)11-27(22(15)30)18-7-8-19(28)25-21(18)29/h2-6,9-10,12,18H,7-8,11H2,1H3,(H,25,28,29). The average molecular weight is 401 g/mol. The minimum Gasteiger partial charge on any atom is -0.332 e. The molecular weight excluding hydrogens is 382 g/mol. The molecule has 0 spiro atoms. The number of rotatable bonds is 3. The van der Waals surface area contributed by atoms with Gasteiger partial charge in [-0.25, -0.2) is 4.98 Å². The van der Waals surface area contributed by atoms with Crippen molar-refractivity contribution in [3.63, 3.8) is 0 Å². The molecule has 0 saturated carbocycles. The normalized spacial score (nSPS) is 18.5. The number of fused-ring (bicyclic) bond motifs is 1. The van der Waals surface area contributed by atoms with E-state index in [0.717, 1.165) is 28.3 Å². The van der Waals surface area contributed by atoms with Crippen LogP contribution < -0.4 is 5.32 Å². The highest BCUT2D eigenvalue weighted by molar-refractivity contribution is 6.05. The van der Waals surface area contributed by atoms with Crippen LogP contribution in [-0.2, 0) is 23.2 Å². The first-order chi connectivity index (χ1) is 14.5. The number of aromatic nitrogens is 3. The van der Waals surface area contributed by atoms with Gasteiger partial charge in [-0.2, -0.15) is 0 Å². The number of aryl methyl sites for hydroxylation is 1. The second-order valence-electron chi connectivity index (χ2n) is 7.55. The molecule has 1 unspecified atom stereocenters. The summed E-state index contributed by atoms with van der Waals surface area (Å²) < 4.78 is 1.92. The van der Waals surface area contributed by atoms with Crippen LogP contribution in [0.4, 0.5) is 0 Å². The molecule has 4 heterocycles. The maximum Gasteiger partial charge on any atom is 0.255 e. The third-order valence-corrected chi connectivity index (χ3v) is 5.59. The Balaban J connectivity index is 1.44. The van der Waals surface area contributed by atoms with Gasteiger partial charge in [0.2, 0.25) is 11.8 Å². The van der Waals surface area contributed by atoms with E-state index in [9.17, 15) is 14.4 Å². The van der Waals surface area contributed by atoms with Gasteiger partial charge in [0.05, 0.1) is 5.69 Å². The highest BCUT2D eigenvalue weighted by Crippen LogP contribution is 2.31. The summed E-state index contributed by atoms with van der Waals surface area (Å²) >= 11 is 0. The maximum atomic E-state index is 12.8. The van der Waals surface area contributed by atoms with Crippen LogP contribution in [0.25, 0.3) is 22.8 Å². The lowest BCUT2D eigenvalue weighted by molar-refractivity contribution is -0.136. The Kier molecular flexibility index (Phi) is 4.20. The lowest BCUT2D eigenvalue weighted by Gasteiger charge is -2.29. The molecule has 1 N–H and O–H groups in total. The molecule has 3 aromatic rings. The fourth-order valence-electron chi connectivity index (χ4n) is 4.07. The second-order valence-corrected chi connectivity index (χ2v) is 7.55. The van der Waals surface area contributed by atoms with Gasteiger partial charge in [0, 0.05) is 43.5 Å². The summed E-state index contributed by atoms with van der Waals surface area (Å²) in [5.41, 5.74) is 3.90. The van der Waals surface area contributed by atoms with Crippen molar-refractivity contribution < 1.29 is 14.4 Å². The first-order valence-corrected chi connectivity index (χ1v) is 9.74. The molecule has 150 valence electrons. The van der Waals surface area contributed by atoms with E-state index < -0.39 is 11.9 Å². The van der Waals surface area contributed by atoms with E-state index in [2.05, 4.69) is 10.3 Å². The van der Waals surface area contributed by atoms with Crippen molar-refractivity contribution >= 4 is 17.7 Å². The Morgan fingerprint density at radius 1 is 1.10 bits per heavy atom. The van der Waals surface area contributed by atoms with Gasteiger partial charge in [0.1, 0.15) is 11.7 Å². The molecule has 30 heavy (non-hydrogen) atoms. The number of nitrogens with one attached hydrogen (secondary N) is 1. The Hall–Kier alpha value is -3.81. The second kappa shape index (κ2) is 6.91. The Morgan fingerprint density at radius 2 is 1.97 bits per heavy atom. The van der Waals surface area contributed by atoms with E-state index in [0.29, 0.717) is 18.5 Å². The molecule has 0 aliphatic carbocycles. The molecule has 2 aromatic heterocycles. The third-order valence-electron chi connectivity index (χ3n) is 5.59. The molecule has 8 nitrogen and oxygen atoms in total. The molecule has 1 aromatic carbocycles. The summed E-state index contributed by atoms with van der Waals surface area (Å²) in [5, 5.41) is 2.32. The molecule has 0 radical (unpaired) electrons. The van der Waals surface area contributed by atoms with Crippen molar-refractivity contribution in [2.24, 2.45) is 7.05 Å². The van der Waals surface area contributed by atoms with E-state index in [1.807, 2.05) is 48.1 Å². The van der Waals surface area contributed by atoms with Gasteiger partial charge in [-0.05, 0) is 36.2 Å². The van der Waals surface area contributed by atoms with Gasteiger partial charge >= 0.3 is 0 Å². The van der Waals surface area contributed by atoms with Crippen LogP contribution in [0.15, 0.2) is 48.8 Å². The molecule has 1 fully saturated rings. The van der Waals surface area contributed by atoms with Gasteiger partial charge < -0.3 is 9.47 Å². The fraction of sp³-hybridized carbons (Fsp3) is 0.227. The van der Waals surface area contributed by atoms with E-state index in [1.165, 1.54) is 0 Å². The third kappa shape index (κ3) is 2.97. The van der Waals surface area contributed by atoms with Gasteiger partial charge in [-0.15, -0.1) is 0 Å². The number of benzene rings is 1. The first-order valence-electron chi connectivity index (χ1n) is 9.74. The van der Waals surface area contributed by atoms with Crippen LogP contribution >= 0.6 is 0 Å². The van der Waals surface area contributed by atoms with Crippen molar-refractivity contribution in [2.75, 3.05) is 0 Å². The van der Waals surface area contributed by atoms with Gasteiger partial charge in [-0.1, -0.05) is 12.1 Å². The molecular formula is C22H19N5O3. The SMILES string of the molecule is Cn1cc(-c2ccc3c(c2)CN(C2CCC(=O)NC2=O)C3=O)nc1-c1ccccn1. The summed E-state index contributed by atoms with van der Waals surface area (Å²) in [6.45, 7) is 0.341. The minimum absolute atomic E-state index is 0.179. The molecule has 5 rings (SSSR count). The molecule has 2 aliphatic rings. The van der Waals surface area contributed by atoms with Crippen LogP contribution in [0.3, 0.4) is 0 Å². The molecule has 3 amide bonds. The summed E-state index contributed by atoms with van der Waals surface area (Å²) in [7, 11) is 1.92. The molecule has 2 aliphatic heterocycles. The number of piperidine rings is 1. The Bertz CT molecular complexity index is 1180. The Labute approximate surface area is 172 Å². The zero-order valence-electron chi connectivity index (χ0n) is 16.3. The number of carbonyl (C=O) groups excluding carboxylic acids is 3. The fourth-order valence-corrected chi connectivity index (χ4v) is 4.07. The van der Waals surface area contributed by atoms with Crippen molar-refractivity contribution in [1.29, 1.82) is 0 Å². The summed E-state index contributed by atoms with van der Waals surface area (Å²) in [6.07, 6.45) is 4.26. The van der Waals surface area contributed by atoms with Crippen LogP contribution in [-0.4, -0.2) is 43.2 Å². The summed E-state index contributed by atoms with van der Waals surface area (Å²) in [5.74, 6) is -0.118. The lowest BCUT2D eigenvalue weighted by Crippen LogP contribution is -2.52. The molecule has 1 saturated heterocycles. The number of hydrogen-bond acceptors (Lipinski definition) is 5. The minimum atomic E-state index is -0.614. The molecule has 1 atom stereocenters. The van der Waals surface area contributed by atoms with Crippen LogP contribution in [0.2, 0.25) is 0 Å². The quantitative estimate of drug-likeness (QED) is 0.676. The van der Waals surface area contributed by atoms with Gasteiger partial charge in [-0.3, -0.25) is 24.7 Å². The van der Waals surface area contributed by atoms with E-state index in [4.69, 9.17) is 4.98 Å². The van der Waals surface area contributed by atoms with E-state index in [-0.39, 0.29) is 18.2 Å². The zero-order chi connectivity index (χ0) is 20.8. The highest BCUT2D eigenvalue weighted by atomic mass is 16.2. The Morgan fingerprint density at radius 3 is 2.73 bits per heavy atom. The van der Waals surface area contributed by atoms with Crippen LogP contribution in [0.1, 0.15) is 28.8 Å². The maximum absolute atomic E-state index is 12.8. The van der Waals surface area contributed by atoms with Crippen molar-refractivity contribution in [1.82, 2.24) is 24.8 Å². The van der Waals surface area contributed by atoms with E-state index in [1.54, 1.807) is 17.2 Å². The monoisotopic (exact) mass is 401 g/mol. The number of amides is 3. The number of hydrogen-bond donors (Lipinski definition) is 1. The number of pyridine rings is 1. The number of carbonyl (C=O) groups is 3. The van der Waals surface area contributed by atoms with Gasteiger partial charge in [0.25, 0.3) is 5.91 Å². The smallest absolute Gasteiger partial charge is 0.255 e. The topological polar surface area (TPSA) is 97.2 Å². The van der Waals surface area contributed by atoms with Crippen LogP contribution in [0, 0.1) is 0 Å². The van der Waals surface area contributed by atoms with Crippen molar-refractivity contribution in [3.05, 3.63) is 59.9 Å². The zero-order valence-corrected chi connectivity index (χ0v) is 16.3. The highest BCUT2D eigenvalue weighted by Gasteiger charge is 2.39. The molecule has 8 heteroatoms. The first kappa shape index (κ1) is 18.2. The van der Waals surface area contributed by atoms with Crippen molar-refractivity contribution in [3.8, 4) is 22.8 Å². The number of imidazole rings is 1. The summed E-state index contributed by atoms with van der Waals surface area (Å²) in [4.78, 5) is 47.1. The van der Waals surface area contributed by atoms with Gasteiger partial charge in [0.15, 0.2) is 5.82 Å². The lowest BCUT2D eigenvalue weighted by atomic mass is 10.0. The number of nitrogens with zero attached hydrogens (tertiary/aromatic N) is 4. The summed E-state index contributed by atoms with van der Waals surface area (Å²) in [6, 6.07) is 10.7. The number of imide groups is 1. The average Bonchev–Trinajstić information content (AvgIpc) is 3.29. The van der Waals surface area contributed by atoms with Crippen molar-refractivity contribution in [2.45, 2.75) is 25.4 Å². The molecule has 0 bridgehead atoms. The predicted octanol–water partition coefficient (Wildman–Crippen LogP) is 1.91. The van der Waals surface area contributed by atoms with E-state index >= 15 is 0 Å². The largest absolute Gasteiger partial charge is 0.332 e. The van der Waals surface area contributed by atoms with Crippen LogP contribution in [0.5, 0.6) is 0 Å². The predicted molar refractivity (Wildman–Crippen MR) is 108 cm³/mol.